The fourth-order valence-corrected chi connectivity index (χ4v) is 1.97. The molecule has 0 aliphatic heterocycles. The summed E-state index contributed by atoms with van der Waals surface area (Å²) >= 11 is 0. The van der Waals surface area contributed by atoms with Gasteiger partial charge in [0.05, 0.1) is 6.54 Å². The molecule has 116 valence electrons. The zero-order valence-electron chi connectivity index (χ0n) is 12.9. The average molecular weight is 292 g/mol. The number of amides is 2. The Morgan fingerprint density at radius 3 is 2.71 bits per heavy atom. The molecule has 21 heavy (non-hydrogen) atoms. The van der Waals surface area contributed by atoms with E-state index < -0.39 is 6.04 Å². The molecule has 0 radical (unpaired) electrons. The monoisotopic (exact) mass is 292 g/mol. The van der Waals surface area contributed by atoms with E-state index in [0.29, 0.717) is 19.6 Å². The number of carbonyl (C=O) groups excluding carboxylic acids is 2. The predicted octanol–water partition coefficient (Wildman–Crippen LogP) is 1.79. The third kappa shape index (κ3) is 6.79. The summed E-state index contributed by atoms with van der Waals surface area (Å²) in [6, 6.07) is 7.28. The van der Waals surface area contributed by atoms with Gasteiger partial charge in [0.1, 0.15) is 18.4 Å². The molecule has 0 fully saturated rings. The fraction of sp³-hybridized carbons (Fsp3) is 0.500. The number of nitrogens with one attached hydrogen (secondary N) is 2. The van der Waals surface area contributed by atoms with E-state index in [0.717, 1.165) is 17.7 Å². The maximum Gasteiger partial charge on any atom is 0.242 e. The van der Waals surface area contributed by atoms with Gasteiger partial charge in [0.15, 0.2) is 0 Å². The van der Waals surface area contributed by atoms with Crippen molar-refractivity contribution in [3.8, 4) is 5.75 Å². The van der Waals surface area contributed by atoms with Crippen molar-refractivity contribution in [2.24, 2.45) is 0 Å². The van der Waals surface area contributed by atoms with Crippen LogP contribution >= 0.6 is 0 Å². The minimum atomic E-state index is -0.466. The number of hydrogen-bond acceptors (Lipinski definition) is 3. The molecule has 0 bridgehead atoms. The molecule has 2 N–H and O–H groups in total. The van der Waals surface area contributed by atoms with Gasteiger partial charge in [0, 0.05) is 6.92 Å². The van der Waals surface area contributed by atoms with E-state index in [1.54, 1.807) is 0 Å². The summed E-state index contributed by atoms with van der Waals surface area (Å²) < 4.78 is 5.56. The van der Waals surface area contributed by atoms with Crippen LogP contribution in [0.4, 0.5) is 0 Å². The summed E-state index contributed by atoms with van der Waals surface area (Å²) in [6.07, 6.45) is 1.46. The largest absolute Gasteiger partial charge is 0.492 e. The molecule has 1 aromatic carbocycles. The lowest BCUT2D eigenvalue weighted by atomic mass is 10.1. The van der Waals surface area contributed by atoms with E-state index in [1.165, 1.54) is 6.92 Å². The van der Waals surface area contributed by atoms with Gasteiger partial charge in [-0.1, -0.05) is 25.5 Å². The second kappa shape index (κ2) is 9.00. The molecule has 0 heterocycles. The van der Waals surface area contributed by atoms with E-state index in [9.17, 15) is 9.59 Å². The number of ether oxygens (including phenoxy) is 1. The molecule has 0 saturated heterocycles. The molecule has 0 unspecified atom stereocenters. The Morgan fingerprint density at radius 1 is 1.33 bits per heavy atom. The van der Waals surface area contributed by atoms with Crippen molar-refractivity contribution in [2.75, 3.05) is 13.2 Å². The second-order valence-electron chi connectivity index (χ2n) is 5.00. The highest BCUT2D eigenvalue weighted by molar-refractivity contribution is 5.86. The molecule has 0 spiro atoms. The zero-order valence-corrected chi connectivity index (χ0v) is 12.9. The van der Waals surface area contributed by atoms with Crippen molar-refractivity contribution >= 4 is 11.8 Å². The highest BCUT2D eigenvalue weighted by Gasteiger charge is 2.17. The van der Waals surface area contributed by atoms with Crippen molar-refractivity contribution in [1.82, 2.24) is 10.6 Å². The van der Waals surface area contributed by atoms with Crippen LogP contribution in [0.2, 0.25) is 0 Å². The first-order chi connectivity index (χ1) is 10.0. The Bertz CT molecular complexity index is 474. The molecular formula is C16H24N2O3. The van der Waals surface area contributed by atoms with Crippen LogP contribution in [0.5, 0.6) is 5.75 Å². The molecule has 0 aliphatic rings. The fourth-order valence-electron chi connectivity index (χ4n) is 1.97. The third-order valence-electron chi connectivity index (χ3n) is 2.93. The van der Waals surface area contributed by atoms with Crippen LogP contribution in [-0.2, 0) is 9.59 Å². The summed E-state index contributed by atoms with van der Waals surface area (Å²) in [4.78, 5) is 23.0. The molecule has 1 rings (SSSR count). The molecule has 2 amide bonds. The Morgan fingerprint density at radius 2 is 2.10 bits per heavy atom. The van der Waals surface area contributed by atoms with E-state index in [2.05, 4.69) is 10.6 Å². The van der Waals surface area contributed by atoms with Gasteiger partial charge < -0.3 is 15.4 Å². The molecule has 0 aromatic heterocycles. The number of rotatable bonds is 8. The van der Waals surface area contributed by atoms with Gasteiger partial charge in [-0.15, -0.1) is 0 Å². The van der Waals surface area contributed by atoms with Crippen LogP contribution in [0.3, 0.4) is 0 Å². The van der Waals surface area contributed by atoms with Crippen LogP contribution in [0.1, 0.15) is 32.3 Å². The molecule has 0 aliphatic carbocycles. The van der Waals surface area contributed by atoms with Gasteiger partial charge in [-0.05, 0) is 31.0 Å². The molecular weight excluding hydrogens is 268 g/mol. The minimum absolute atomic E-state index is 0.167. The van der Waals surface area contributed by atoms with E-state index in [4.69, 9.17) is 4.74 Å². The van der Waals surface area contributed by atoms with Gasteiger partial charge in [-0.25, -0.2) is 0 Å². The van der Waals surface area contributed by atoms with Gasteiger partial charge >= 0.3 is 0 Å². The Labute approximate surface area is 126 Å². The zero-order chi connectivity index (χ0) is 15.7. The molecule has 0 saturated carbocycles. The van der Waals surface area contributed by atoms with Gasteiger partial charge in [-0.3, -0.25) is 9.59 Å². The van der Waals surface area contributed by atoms with Crippen LogP contribution in [-0.4, -0.2) is 31.0 Å². The highest BCUT2D eigenvalue weighted by Crippen LogP contribution is 2.11. The lowest BCUT2D eigenvalue weighted by Gasteiger charge is -2.17. The first kappa shape index (κ1) is 17.0. The highest BCUT2D eigenvalue weighted by atomic mass is 16.5. The van der Waals surface area contributed by atoms with E-state index in [1.807, 2.05) is 38.1 Å². The van der Waals surface area contributed by atoms with Crippen molar-refractivity contribution in [3.63, 3.8) is 0 Å². The third-order valence-corrected chi connectivity index (χ3v) is 2.93. The first-order valence-electron chi connectivity index (χ1n) is 7.27. The second-order valence-corrected chi connectivity index (χ2v) is 5.00. The molecule has 1 atom stereocenters. The van der Waals surface area contributed by atoms with Crippen LogP contribution in [0.15, 0.2) is 24.3 Å². The van der Waals surface area contributed by atoms with Gasteiger partial charge in [0.2, 0.25) is 11.8 Å². The van der Waals surface area contributed by atoms with Crippen molar-refractivity contribution in [2.45, 2.75) is 39.7 Å². The Kier molecular flexibility index (Phi) is 7.29. The van der Waals surface area contributed by atoms with Crippen molar-refractivity contribution in [3.05, 3.63) is 29.8 Å². The number of benzene rings is 1. The summed E-state index contributed by atoms with van der Waals surface area (Å²) in [5, 5.41) is 5.43. The van der Waals surface area contributed by atoms with Crippen molar-refractivity contribution in [1.29, 1.82) is 0 Å². The van der Waals surface area contributed by atoms with Gasteiger partial charge in [0.25, 0.3) is 0 Å². The maximum absolute atomic E-state index is 12.0. The Balaban J connectivity index is 2.32. The topological polar surface area (TPSA) is 67.4 Å². The van der Waals surface area contributed by atoms with Crippen LogP contribution in [0.25, 0.3) is 0 Å². The number of hydrogen-bond donors (Lipinski definition) is 2. The lowest BCUT2D eigenvalue weighted by Crippen LogP contribution is -2.46. The summed E-state index contributed by atoms with van der Waals surface area (Å²) in [5.74, 6) is 0.427. The van der Waals surface area contributed by atoms with E-state index >= 15 is 0 Å². The average Bonchev–Trinajstić information content (AvgIpc) is 2.42. The smallest absolute Gasteiger partial charge is 0.242 e. The predicted molar refractivity (Wildman–Crippen MR) is 82.2 cm³/mol. The lowest BCUT2D eigenvalue weighted by molar-refractivity contribution is -0.128. The molecule has 1 aromatic rings. The Hall–Kier alpha value is -2.04. The van der Waals surface area contributed by atoms with Gasteiger partial charge in [-0.2, -0.15) is 0 Å². The first-order valence-corrected chi connectivity index (χ1v) is 7.27. The van der Waals surface area contributed by atoms with Crippen LogP contribution in [0, 0.1) is 6.92 Å². The SMILES string of the molecule is CCC[C@H](NC(C)=O)C(=O)NCCOc1cccc(C)c1. The number of aryl methyl sites for hydroxylation is 1. The summed E-state index contributed by atoms with van der Waals surface area (Å²) in [7, 11) is 0. The van der Waals surface area contributed by atoms with E-state index in [-0.39, 0.29) is 11.8 Å². The quantitative estimate of drug-likeness (QED) is 0.718. The maximum atomic E-state index is 12.0. The van der Waals surface area contributed by atoms with Crippen LogP contribution < -0.4 is 15.4 Å². The normalized spacial score (nSPS) is 11.6. The molecule has 5 nitrogen and oxygen atoms in total. The molecule has 5 heteroatoms. The number of carbonyl (C=O) groups is 2. The summed E-state index contributed by atoms with van der Waals surface area (Å²) in [6.45, 7) is 6.19. The standard InChI is InChI=1S/C16H24N2O3/c1-4-6-15(18-13(3)19)16(20)17-9-10-21-14-8-5-7-12(2)11-14/h5,7-8,11,15H,4,6,9-10H2,1-3H3,(H,17,20)(H,18,19)/t15-/m0/s1. The minimum Gasteiger partial charge on any atom is -0.492 e. The van der Waals surface area contributed by atoms with Crippen molar-refractivity contribution < 1.29 is 14.3 Å². The summed E-state index contributed by atoms with van der Waals surface area (Å²) in [5.41, 5.74) is 1.13.